The first-order valence-corrected chi connectivity index (χ1v) is 9.06. The van der Waals surface area contributed by atoms with Gasteiger partial charge in [-0.1, -0.05) is 41.4 Å². The van der Waals surface area contributed by atoms with Crippen LogP contribution in [0.5, 0.6) is 5.75 Å². The molecule has 0 saturated heterocycles. The van der Waals surface area contributed by atoms with Crippen molar-refractivity contribution in [3.05, 3.63) is 63.6 Å². The standard InChI is InChI=1S/C19H24Cl2N2O2/c1-14(24)11-22-8-9-23-12-16-10-17(20)6-7-19(16)25-13-15-4-2-3-5-18(15)21/h2-7,10,14,22-24H,8-9,11-13H2,1H3/t14-/m0/s1. The van der Waals surface area contributed by atoms with E-state index in [9.17, 15) is 5.11 Å². The molecule has 0 aliphatic rings. The summed E-state index contributed by atoms with van der Waals surface area (Å²) in [5.41, 5.74) is 1.94. The third-order valence-electron chi connectivity index (χ3n) is 3.60. The molecule has 0 aliphatic carbocycles. The minimum Gasteiger partial charge on any atom is -0.489 e. The highest BCUT2D eigenvalue weighted by Gasteiger charge is 2.07. The molecule has 0 saturated carbocycles. The van der Waals surface area contributed by atoms with Gasteiger partial charge in [-0.2, -0.15) is 0 Å². The summed E-state index contributed by atoms with van der Waals surface area (Å²) >= 11 is 12.3. The van der Waals surface area contributed by atoms with Crippen molar-refractivity contribution in [1.82, 2.24) is 10.6 Å². The van der Waals surface area contributed by atoms with Crippen LogP contribution in [0.3, 0.4) is 0 Å². The number of hydrogen-bond acceptors (Lipinski definition) is 4. The van der Waals surface area contributed by atoms with Gasteiger partial charge in [-0.05, 0) is 31.2 Å². The fourth-order valence-corrected chi connectivity index (χ4v) is 2.69. The molecule has 4 nitrogen and oxygen atoms in total. The van der Waals surface area contributed by atoms with E-state index in [0.29, 0.717) is 29.7 Å². The topological polar surface area (TPSA) is 53.5 Å². The first-order chi connectivity index (χ1) is 12.1. The second-order valence-electron chi connectivity index (χ2n) is 5.86. The summed E-state index contributed by atoms with van der Waals surface area (Å²) in [4.78, 5) is 0. The second-order valence-corrected chi connectivity index (χ2v) is 6.71. The normalized spacial score (nSPS) is 12.2. The van der Waals surface area contributed by atoms with Crippen LogP contribution in [0.25, 0.3) is 0 Å². The lowest BCUT2D eigenvalue weighted by Gasteiger charge is -2.14. The summed E-state index contributed by atoms with van der Waals surface area (Å²) in [5, 5.41) is 17.1. The van der Waals surface area contributed by atoms with Crippen molar-refractivity contribution in [2.45, 2.75) is 26.2 Å². The van der Waals surface area contributed by atoms with Gasteiger partial charge in [0.2, 0.25) is 0 Å². The molecule has 0 radical (unpaired) electrons. The summed E-state index contributed by atoms with van der Waals surface area (Å²) in [6, 6.07) is 13.2. The Bertz CT molecular complexity index is 666. The molecule has 6 heteroatoms. The molecule has 2 rings (SSSR count). The van der Waals surface area contributed by atoms with Gasteiger partial charge in [0.05, 0.1) is 6.10 Å². The molecule has 0 unspecified atom stereocenters. The molecule has 0 aromatic heterocycles. The van der Waals surface area contributed by atoms with Crippen LogP contribution in [0, 0.1) is 0 Å². The molecule has 0 spiro atoms. The monoisotopic (exact) mass is 382 g/mol. The number of hydrogen-bond donors (Lipinski definition) is 3. The van der Waals surface area contributed by atoms with Gasteiger partial charge < -0.3 is 20.5 Å². The van der Waals surface area contributed by atoms with Crippen LogP contribution in [-0.2, 0) is 13.2 Å². The molecular formula is C19H24Cl2N2O2. The van der Waals surface area contributed by atoms with Gasteiger partial charge >= 0.3 is 0 Å². The maximum atomic E-state index is 9.20. The van der Waals surface area contributed by atoms with Crippen LogP contribution in [0.1, 0.15) is 18.1 Å². The van der Waals surface area contributed by atoms with Crippen LogP contribution in [0.4, 0.5) is 0 Å². The zero-order valence-electron chi connectivity index (χ0n) is 14.3. The predicted molar refractivity (Wildman–Crippen MR) is 103 cm³/mol. The molecule has 0 aliphatic heterocycles. The maximum Gasteiger partial charge on any atom is 0.124 e. The van der Waals surface area contributed by atoms with E-state index in [1.807, 2.05) is 42.5 Å². The summed E-state index contributed by atoms with van der Waals surface area (Å²) < 4.78 is 5.94. The highest BCUT2D eigenvalue weighted by molar-refractivity contribution is 6.31. The molecule has 1 atom stereocenters. The third-order valence-corrected chi connectivity index (χ3v) is 4.20. The van der Waals surface area contributed by atoms with E-state index in [0.717, 1.165) is 30.0 Å². The van der Waals surface area contributed by atoms with Gasteiger partial charge in [-0.25, -0.2) is 0 Å². The van der Waals surface area contributed by atoms with Gasteiger partial charge in [-0.15, -0.1) is 0 Å². The first kappa shape index (κ1) is 20.0. The summed E-state index contributed by atoms with van der Waals surface area (Å²) in [6.45, 7) is 4.96. The van der Waals surface area contributed by atoms with Gasteiger partial charge in [0.1, 0.15) is 12.4 Å². The number of ether oxygens (including phenoxy) is 1. The quantitative estimate of drug-likeness (QED) is 0.549. The van der Waals surface area contributed by atoms with Crippen molar-refractivity contribution in [1.29, 1.82) is 0 Å². The Morgan fingerprint density at radius 1 is 1.04 bits per heavy atom. The molecule has 25 heavy (non-hydrogen) atoms. The highest BCUT2D eigenvalue weighted by atomic mass is 35.5. The van der Waals surface area contributed by atoms with Gasteiger partial charge in [0, 0.05) is 47.4 Å². The van der Waals surface area contributed by atoms with Crippen molar-refractivity contribution in [3.8, 4) is 5.75 Å². The van der Waals surface area contributed by atoms with E-state index < -0.39 is 0 Å². The van der Waals surface area contributed by atoms with Crippen molar-refractivity contribution < 1.29 is 9.84 Å². The van der Waals surface area contributed by atoms with Crippen LogP contribution >= 0.6 is 23.2 Å². The zero-order chi connectivity index (χ0) is 18.1. The predicted octanol–water partition coefficient (Wildman–Crippen LogP) is 3.63. The van der Waals surface area contributed by atoms with Crippen molar-refractivity contribution in [2.75, 3.05) is 19.6 Å². The SMILES string of the molecule is C[C@H](O)CNCCNCc1cc(Cl)ccc1OCc1ccccc1Cl. The molecule has 0 bridgehead atoms. The van der Waals surface area contributed by atoms with E-state index >= 15 is 0 Å². The lowest BCUT2D eigenvalue weighted by atomic mass is 10.2. The van der Waals surface area contributed by atoms with Gasteiger partial charge in [0.15, 0.2) is 0 Å². The zero-order valence-corrected chi connectivity index (χ0v) is 15.8. The Kier molecular flexibility index (Phi) is 8.52. The van der Waals surface area contributed by atoms with Crippen molar-refractivity contribution in [2.24, 2.45) is 0 Å². The molecular weight excluding hydrogens is 359 g/mol. The van der Waals surface area contributed by atoms with E-state index in [-0.39, 0.29) is 6.10 Å². The Balaban J connectivity index is 1.87. The number of benzene rings is 2. The van der Waals surface area contributed by atoms with E-state index in [1.54, 1.807) is 6.92 Å². The summed E-state index contributed by atoms with van der Waals surface area (Å²) in [5.74, 6) is 0.786. The molecule has 136 valence electrons. The maximum absolute atomic E-state index is 9.20. The molecule has 0 amide bonds. The number of aliphatic hydroxyl groups is 1. The average Bonchev–Trinajstić information content (AvgIpc) is 2.58. The first-order valence-electron chi connectivity index (χ1n) is 8.30. The fourth-order valence-electron chi connectivity index (χ4n) is 2.31. The van der Waals surface area contributed by atoms with Gasteiger partial charge in [0.25, 0.3) is 0 Å². The lowest BCUT2D eigenvalue weighted by Crippen LogP contribution is -2.31. The van der Waals surface area contributed by atoms with Crippen molar-refractivity contribution in [3.63, 3.8) is 0 Å². The second kappa shape index (κ2) is 10.6. The van der Waals surface area contributed by atoms with E-state index in [1.165, 1.54) is 0 Å². The average molecular weight is 383 g/mol. The molecule has 3 N–H and O–H groups in total. The molecule has 0 heterocycles. The number of nitrogens with one attached hydrogen (secondary N) is 2. The van der Waals surface area contributed by atoms with Gasteiger partial charge in [-0.3, -0.25) is 0 Å². The minimum atomic E-state index is -0.335. The highest BCUT2D eigenvalue weighted by Crippen LogP contribution is 2.25. The third kappa shape index (κ3) is 7.22. The van der Waals surface area contributed by atoms with Crippen molar-refractivity contribution >= 4 is 23.2 Å². The lowest BCUT2D eigenvalue weighted by molar-refractivity contribution is 0.191. The van der Waals surface area contributed by atoms with E-state index in [4.69, 9.17) is 27.9 Å². The smallest absolute Gasteiger partial charge is 0.124 e. The number of aliphatic hydroxyl groups excluding tert-OH is 1. The molecule has 2 aromatic carbocycles. The molecule has 0 fully saturated rings. The van der Waals surface area contributed by atoms with Crippen LogP contribution in [-0.4, -0.2) is 30.8 Å². The largest absolute Gasteiger partial charge is 0.489 e. The van der Waals surface area contributed by atoms with Crippen LogP contribution in [0.15, 0.2) is 42.5 Å². The summed E-state index contributed by atoms with van der Waals surface area (Å²) in [6.07, 6.45) is -0.335. The minimum absolute atomic E-state index is 0.335. The molecule has 2 aromatic rings. The Hall–Kier alpha value is -1.30. The number of halogens is 2. The van der Waals surface area contributed by atoms with Crippen LogP contribution in [0.2, 0.25) is 10.0 Å². The Morgan fingerprint density at radius 3 is 2.56 bits per heavy atom. The van der Waals surface area contributed by atoms with E-state index in [2.05, 4.69) is 10.6 Å². The van der Waals surface area contributed by atoms with Crippen LogP contribution < -0.4 is 15.4 Å². The summed E-state index contributed by atoms with van der Waals surface area (Å²) in [7, 11) is 0. The fraction of sp³-hybridized carbons (Fsp3) is 0.368. The Labute approximate surface area is 159 Å². The Morgan fingerprint density at radius 2 is 1.80 bits per heavy atom. The number of rotatable bonds is 10.